The van der Waals surface area contributed by atoms with Crippen LogP contribution >= 0.6 is 0 Å². The average molecular weight is 236 g/mol. The van der Waals surface area contributed by atoms with Crippen molar-refractivity contribution in [3.05, 3.63) is 11.9 Å². The molecule has 0 aliphatic carbocycles. The van der Waals surface area contributed by atoms with Crippen LogP contribution in [0.15, 0.2) is 6.07 Å². The zero-order valence-corrected chi connectivity index (χ0v) is 10.5. The van der Waals surface area contributed by atoms with Crippen molar-refractivity contribution in [1.82, 2.24) is 14.9 Å². The molecule has 17 heavy (non-hydrogen) atoms. The van der Waals surface area contributed by atoms with Crippen LogP contribution in [0.4, 0.5) is 5.82 Å². The third-order valence-electron chi connectivity index (χ3n) is 3.04. The van der Waals surface area contributed by atoms with E-state index in [0.717, 1.165) is 38.2 Å². The van der Waals surface area contributed by atoms with Gasteiger partial charge < -0.3 is 15.4 Å². The lowest BCUT2D eigenvalue weighted by Gasteiger charge is -2.28. The number of likely N-dealkylation sites (tertiary alicyclic amines) is 1. The molecule has 1 saturated heterocycles. The summed E-state index contributed by atoms with van der Waals surface area (Å²) in [5, 5.41) is 0. The van der Waals surface area contributed by atoms with E-state index < -0.39 is 0 Å². The van der Waals surface area contributed by atoms with Crippen molar-refractivity contribution in [2.75, 3.05) is 25.9 Å². The second-order valence-corrected chi connectivity index (χ2v) is 4.52. The van der Waals surface area contributed by atoms with Gasteiger partial charge in [-0.1, -0.05) is 6.92 Å². The van der Waals surface area contributed by atoms with Gasteiger partial charge in [-0.25, -0.2) is 4.98 Å². The molecule has 0 amide bonds. The molecule has 1 fully saturated rings. The molecule has 2 heterocycles. The number of ether oxygens (including phenoxy) is 1. The van der Waals surface area contributed by atoms with E-state index in [4.69, 9.17) is 10.5 Å². The SMILES string of the molecule is CCc1nc(N)cc(OC2CCN(C)CC2)n1. The molecular weight excluding hydrogens is 216 g/mol. The second-order valence-electron chi connectivity index (χ2n) is 4.52. The van der Waals surface area contributed by atoms with Gasteiger partial charge in [-0.2, -0.15) is 4.98 Å². The van der Waals surface area contributed by atoms with Gasteiger partial charge in [-0.3, -0.25) is 0 Å². The fraction of sp³-hybridized carbons (Fsp3) is 0.667. The Hall–Kier alpha value is -1.36. The Morgan fingerprint density at radius 3 is 2.76 bits per heavy atom. The molecule has 1 aliphatic rings. The van der Waals surface area contributed by atoms with Gasteiger partial charge in [0.1, 0.15) is 17.7 Å². The highest BCUT2D eigenvalue weighted by molar-refractivity contribution is 5.32. The van der Waals surface area contributed by atoms with E-state index in [-0.39, 0.29) is 6.10 Å². The van der Waals surface area contributed by atoms with Crippen LogP contribution in [-0.2, 0) is 6.42 Å². The van der Waals surface area contributed by atoms with Crippen LogP contribution in [0.25, 0.3) is 0 Å². The molecule has 0 aromatic carbocycles. The Kier molecular flexibility index (Phi) is 3.78. The third-order valence-corrected chi connectivity index (χ3v) is 3.04. The third kappa shape index (κ3) is 3.30. The van der Waals surface area contributed by atoms with Gasteiger partial charge in [-0.05, 0) is 19.9 Å². The maximum absolute atomic E-state index is 5.87. The fourth-order valence-corrected chi connectivity index (χ4v) is 1.98. The number of aryl methyl sites for hydroxylation is 1. The maximum Gasteiger partial charge on any atom is 0.218 e. The zero-order chi connectivity index (χ0) is 12.3. The molecule has 0 bridgehead atoms. The molecule has 1 aromatic rings. The van der Waals surface area contributed by atoms with E-state index in [9.17, 15) is 0 Å². The molecular formula is C12H20N4O. The molecule has 0 atom stereocenters. The predicted molar refractivity (Wildman–Crippen MR) is 67.0 cm³/mol. The first kappa shape index (κ1) is 12.1. The van der Waals surface area contributed by atoms with E-state index in [2.05, 4.69) is 21.9 Å². The minimum absolute atomic E-state index is 0.255. The summed E-state index contributed by atoms with van der Waals surface area (Å²) in [7, 11) is 2.13. The first-order valence-electron chi connectivity index (χ1n) is 6.16. The molecule has 1 aromatic heterocycles. The van der Waals surface area contributed by atoms with Crippen molar-refractivity contribution in [3.8, 4) is 5.88 Å². The standard InChI is InChI=1S/C12H20N4O/c1-3-11-14-10(13)8-12(15-11)17-9-4-6-16(2)7-5-9/h8-9H,3-7H2,1-2H3,(H2,13,14,15). The van der Waals surface area contributed by atoms with Gasteiger partial charge in [0.15, 0.2) is 0 Å². The highest BCUT2D eigenvalue weighted by atomic mass is 16.5. The summed E-state index contributed by atoms with van der Waals surface area (Å²) in [4.78, 5) is 10.8. The van der Waals surface area contributed by atoms with Crippen molar-refractivity contribution in [1.29, 1.82) is 0 Å². The Labute approximate surface area is 102 Å². The topological polar surface area (TPSA) is 64.3 Å². The Balaban J connectivity index is 2.00. The van der Waals surface area contributed by atoms with Crippen molar-refractivity contribution in [3.63, 3.8) is 0 Å². The molecule has 5 nitrogen and oxygen atoms in total. The van der Waals surface area contributed by atoms with Crippen LogP contribution < -0.4 is 10.5 Å². The van der Waals surface area contributed by atoms with E-state index in [1.807, 2.05) is 6.92 Å². The minimum Gasteiger partial charge on any atom is -0.474 e. The Bertz CT molecular complexity index is 375. The van der Waals surface area contributed by atoms with E-state index in [1.54, 1.807) is 6.07 Å². The highest BCUT2D eigenvalue weighted by Gasteiger charge is 2.18. The number of rotatable bonds is 3. The van der Waals surface area contributed by atoms with Crippen LogP contribution in [0, 0.1) is 0 Å². The van der Waals surface area contributed by atoms with Gasteiger partial charge >= 0.3 is 0 Å². The molecule has 0 unspecified atom stereocenters. The Morgan fingerprint density at radius 1 is 1.41 bits per heavy atom. The molecule has 2 N–H and O–H groups in total. The van der Waals surface area contributed by atoms with Crippen LogP contribution in [0.2, 0.25) is 0 Å². The molecule has 5 heteroatoms. The summed E-state index contributed by atoms with van der Waals surface area (Å²) in [5.74, 6) is 1.84. The number of hydrogen-bond acceptors (Lipinski definition) is 5. The van der Waals surface area contributed by atoms with Gasteiger partial charge in [-0.15, -0.1) is 0 Å². The average Bonchev–Trinajstić information content (AvgIpc) is 2.31. The van der Waals surface area contributed by atoms with Crippen molar-refractivity contribution in [2.45, 2.75) is 32.3 Å². The Morgan fingerprint density at radius 2 is 2.12 bits per heavy atom. The van der Waals surface area contributed by atoms with E-state index >= 15 is 0 Å². The van der Waals surface area contributed by atoms with Crippen LogP contribution in [0.5, 0.6) is 5.88 Å². The zero-order valence-electron chi connectivity index (χ0n) is 10.5. The van der Waals surface area contributed by atoms with Crippen molar-refractivity contribution >= 4 is 5.82 Å². The maximum atomic E-state index is 5.87. The predicted octanol–water partition coefficient (Wildman–Crippen LogP) is 1.09. The van der Waals surface area contributed by atoms with E-state index in [0.29, 0.717) is 11.7 Å². The van der Waals surface area contributed by atoms with Crippen LogP contribution in [0.3, 0.4) is 0 Å². The molecule has 94 valence electrons. The van der Waals surface area contributed by atoms with Crippen molar-refractivity contribution < 1.29 is 4.74 Å². The van der Waals surface area contributed by atoms with Gasteiger partial charge in [0.05, 0.1) is 0 Å². The molecule has 2 rings (SSSR count). The molecule has 1 aliphatic heterocycles. The number of aromatic nitrogens is 2. The lowest BCUT2D eigenvalue weighted by Crippen LogP contribution is -2.35. The largest absolute Gasteiger partial charge is 0.474 e. The summed E-state index contributed by atoms with van der Waals surface area (Å²) >= 11 is 0. The van der Waals surface area contributed by atoms with Gasteiger partial charge in [0, 0.05) is 25.6 Å². The summed E-state index contributed by atoms with van der Waals surface area (Å²) in [6, 6.07) is 1.71. The summed E-state index contributed by atoms with van der Waals surface area (Å²) in [6.45, 7) is 4.16. The van der Waals surface area contributed by atoms with Gasteiger partial charge in [0.25, 0.3) is 0 Å². The van der Waals surface area contributed by atoms with Crippen LogP contribution in [0.1, 0.15) is 25.6 Å². The number of nitrogens with two attached hydrogens (primary N) is 1. The number of nitrogen functional groups attached to an aromatic ring is 1. The minimum atomic E-state index is 0.255. The first-order valence-corrected chi connectivity index (χ1v) is 6.16. The molecule has 0 saturated carbocycles. The number of nitrogens with zero attached hydrogens (tertiary/aromatic N) is 3. The normalized spacial score (nSPS) is 18.2. The molecule has 0 spiro atoms. The first-order chi connectivity index (χ1) is 8.17. The number of anilines is 1. The number of piperidine rings is 1. The summed E-state index contributed by atoms with van der Waals surface area (Å²) in [6.07, 6.45) is 3.11. The fourth-order valence-electron chi connectivity index (χ4n) is 1.98. The smallest absolute Gasteiger partial charge is 0.218 e. The lowest BCUT2D eigenvalue weighted by molar-refractivity contribution is 0.109. The van der Waals surface area contributed by atoms with Gasteiger partial charge in [0.2, 0.25) is 5.88 Å². The summed E-state index contributed by atoms with van der Waals surface area (Å²) in [5.41, 5.74) is 5.72. The summed E-state index contributed by atoms with van der Waals surface area (Å²) < 4.78 is 5.87. The van der Waals surface area contributed by atoms with Crippen LogP contribution in [-0.4, -0.2) is 41.1 Å². The highest BCUT2D eigenvalue weighted by Crippen LogP contribution is 2.18. The second kappa shape index (κ2) is 5.31. The molecule has 0 radical (unpaired) electrons. The van der Waals surface area contributed by atoms with Crippen molar-refractivity contribution in [2.24, 2.45) is 0 Å². The quantitative estimate of drug-likeness (QED) is 0.851. The monoisotopic (exact) mass is 236 g/mol. The van der Waals surface area contributed by atoms with E-state index in [1.165, 1.54) is 0 Å². The number of hydrogen-bond donors (Lipinski definition) is 1. The lowest BCUT2D eigenvalue weighted by atomic mass is 10.1.